The number of benzene rings is 2. The topological polar surface area (TPSA) is 70.2 Å². The fraction of sp³-hybridized carbons (Fsp3) is 0.391. The fourth-order valence-corrected chi connectivity index (χ4v) is 3.95. The number of para-hydroxylation sites is 2. The van der Waals surface area contributed by atoms with Gasteiger partial charge in [-0.05, 0) is 62.2 Å². The molecule has 1 fully saturated rings. The van der Waals surface area contributed by atoms with Crippen molar-refractivity contribution in [1.82, 2.24) is 20.2 Å². The number of aromatic amines is 1. The number of amides is 1. The second-order valence-corrected chi connectivity index (χ2v) is 7.64. The standard InChI is InChI=1S/C23H28N4O2/c1-29-19-6-4-5-17(15-19)9-12-24-23(28)18-10-13-27(14-11-18)16-22-25-20-7-2-3-8-21(20)26-22/h2-8,15,18H,9-14,16H2,1H3,(H,24,28)(H,25,26). The molecular formula is C23H28N4O2. The van der Waals surface area contributed by atoms with Crippen LogP contribution in [-0.2, 0) is 17.8 Å². The molecule has 1 aliphatic rings. The van der Waals surface area contributed by atoms with E-state index in [0.29, 0.717) is 6.54 Å². The summed E-state index contributed by atoms with van der Waals surface area (Å²) in [6, 6.07) is 16.1. The van der Waals surface area contributed by atoms with Gasteiger partial charge in [-0.2, -0.15) is 0 Å². The van der Waals surface area contributed by atoms with Crippen molar-refractivity contribution < 1.29 is 9.53 Å². The van der Waals surface area contributed by atoms with Gasteiger partial charge in [0.2, 0.25) is 5.91 Å². The highest BCUT2D eigenvalue weighted by molar-refractivity contribution is 5.78. The van der Waals surface area contributed by atoms with E-state index >= 15 is 0 Å². The molecule has 4 rings (SSSR count). The van der Waals surface area contributed by atoms with Crippen molar-refractivity contribution in [3.8, 4) is 5.75 Å². The Morgan fingerprint density at radius 2 is 2.03 bits per heavy atom. The van der Waals surface area contributed by atoms with Crippen LogP contribution >= 0.6 is 0 Å². The molecule has 2 N–H and O–H groups in total. The van der Waals surface area contributed by atoms with E-state index in [4.69, 9.17) is 4.74 Å². The van der Waals surface area contributed by atoms with E-state index in [-0.39, 0.29) is 11.8 Å². The number of piperidine rings is 1. The molecule has 6 heteroatoms. The van der Waals surface area contributed by atoms with Crippen molar-refractivity contribution in [1.29, 1.82) is 0 Å². The summed E-state index contributed by atoms with van der Waals surface area (Å²) >= 11 is 0. The molecular weight excluding hydrogens is 364 g/mol. The average Bonchev–Trinajstić information content (AvgIpc) is 3.16. The second kappa shape index (κ2) is 9.09. The smallest absolute Gasteiger partial charge is 0.223 e. The monoisotopic (exact) mass is 392 g/mol. The first-order valence-electron chi connectivity index (χ1n) is 10.3. The Kier molecular flexibility index (Phi) is 6.10. The van der Waals surface area contributed by atoms with E-state index in [0.717, 1.165) is 61.5 Å². The lowest BCUT2D eigenvalue weighted by Crippen LogP contribution is -2.40. The first-order valence-corrected chi connectivity index (χ1v) is 10.3. The van der Waals surface area contributed by atoms with Crippen LogP contribution in [0, 0.1) is 5.92 Å². The molecule has 0 radical (unpaired) electrons. The van der Waals surface area contributed by atoms with Crippen molar-refractivity contribution in [2.24, 2.45) is 5.92 Å². The number of nitrogens with one attached hydrogen (secondary N) is 2. The number of ether oxygens (including phenoxy) is 1. The molecule has 0 unspecified atom stereocenters. The lowest BCUT2D eigenvalue weighted by atomic mass is 9.96. The van der Waals surface area contributed by atoms with Gasteiger partial charge in [0, 0.05) is 12.5 Å². The third-order valence-electron chi connectivity index (χ3n) is 5.62. The number of hydrogen-bond acceptors (Lipinski definition) is 4. The molecule has 1 saturated heterocycles. The van der Waals surface area contributed by atoms with E-state index in [1.54, 1.807) is 7.11 Å². The zero-order chi connectivity index (χ0) is 20.1. The van der Waals surface area contributed by atoms with Gasteiger partial charge in [-0.3, -0.25) is 9.69 Å². The van der Waals surface area contributed by atoms with Crippen molar-refractivity contribution in [3.05, 3.63) is 59.9 Å². The van der Waals surface area contributed by atoms with Crippen molar-refractivity contribution in [2.75, 3.05) is 26.7 Å². The average molecular weight is 393 g/mol. The Labute approximate surface area is 171 Å². The Bertz CT molecular complexity index is 927. The molecule has 6 nitrogen and oxygen atoms in total. The van der Waals surface area contributed by atoms with E-state index in [9.17, 15) is 4.79 Å². The minimum Gasteiger partial charge on any atom is -0.497 e. The summed E-state index contributed by atoms with van der Waals surface area (Å²) in [5.41, 5.74) is 3.26. The molecule has 0 saturated carbocycles. The number of imidazole rings is 1. The largest absolute Gasteiger partial charge is 0.497 e. The van der Waals surface area contributed by atoms with Crippen molar-refractivity contribution in [3.63, 3.8) is 0 Å². The summed E-state index contributed by atoms with van der Waals surface area (Å²) < 4.78 is 5.25. The minimum absolute atomic E-state index is 0.104. The highest BCUT2D eigenvalue weighted by Crippen LogP contribution is 2.20. The van der Waals surface area contributed by atoms with Gasteiger partial charge in [0.25, 0.3) is 0 Å². The molecule has 152 valence electrons. The zero-order valence-electron chi connectivity index (χ0n) is 16.9. The molecule has 3 aromatic rings. The number of aromatic nitrogens is 2. The summed E-state index contributed by atoms with van der Waals surface area (Å²) in [6.45, 7) is 3.31. The Balaban J connectivity index is 1.21. The van der Waals surface area contributed by atoms with E-state index in [2.05, 4.69) is 26.3 Å². The lowest BCUT2D eigenvalue weighted by Gasteiger charge is -2.30. The van der Waals surface area contributed by atoms with Gasteiger partial charge in [-0.1, -0.05) is 24.3 Å². The number of likely N-dealkylation sites (tertiary alicyclic amines) is 1. The van der Waals surface area contributed by atoms with Crippen LogP contribution in [0.4, 0.5) is 0 Å². The van der Waals surface area contributed by atoms with Gasteiger partial charge < -0.3 is 15.0 Å². The maximum atomic E-state index is 12.5. The number of nitrogens with zero attached hydrogens (tertiary/aromatic N) is 2. The summed E-state index contributed by atoms with van der Waals surface area (Å²) in [7, 11) is 1.67. The van der Waals surface area contributed by atoms with Crippen molar-refractivity contribution in [2.45, 2.75) is 25.8 Å². The third kappa shape index (κ3) is 4.95. The van der Waals surface area contributed by atoms with Gasteiger partial charge in [0.1, 0.15) is 11.6 Å². The number of H-pyrrole nitrogens is 1. The number of fused-ring (bicyclic) bond motifs is 1. The molecule has 1 aromatic heterocycles. The Hall–Kier alpha value is -2.86. The number of rotatable bonds is 7. The van der Waals surface area contributed by atoms with Gasteiger partial charge in [0.15, 0.2) is 0 Å². The quantitative estimate of drug-likeness (QED) is 0.648. The molecule has 1 amide bonds. The number of methoxy groups -OCH3 is 1. The third-order valence-corrected chi connectivity index (χ3v) is 5.62. The summed E-state index contributed by atoms with van der Waals surface area (Å²) in [6.07, 6.45) is 2.60. The molecule has 0 bridgehead atoms. The van der Waals surface area contributed by atoms with Crippen LogP contribution in [0.15, 0.2) is 48.5 Å². The number of carbonyl (C=O) groups excluding carboxylic acids is 1. The summed E-state index contributed by atoms with van der Waals surface area (Å²) in [4.78, 5) is 22.9. The molecule has 29 heavy (non-hydrogen) atoms. The SMILES string of the molecule is COc1cccc(CCNC(=O)C2CCN(Cc3nc4ccccc4[nH]3)CC2)c1. The maximum Gasteiger partial charge on any atom is 0.223 e. The maximum absolute atomic E-state index is 12.5. The molecule has 2 heterocycles. The molecule has 0 atom stereocenters. The molecule has 2 aromatic carbocycles. The summed E-state index contributed by atoms with van der Waals surface area (Å²) in [5.74, 6) is 2.13. The van der Waals surface area contributed by atoms with Crippen molar-refractivity contribution >= 4 is 16.9 Å². The normalized spacial score (nSPS) is 15.5. The minimum atomic E-state index is 0.104. The van der Waals surface area contributed by atoms with Crippen LogP contribution in [0.1, 0.15) is 24.2 Å². The van der Waals surface area contributed by atoms with Gasteiger partial charge >= 0.3 is 0 Å². The van der Waals surface area contributed by atoms with Crippen LogP contribution < -0.4 is 10.1 Å². The molecule has 0 aliphatic carbocycles. The Morgan fingerprint density at radius 3 is 2.83 bits per heavy atom. The van der Waals surface area contributed by atoms with Crippen LogP contribution in [0.5, 0.6) is 5.75 Å². The highest BCUT2D eigenvalue weighted by atomic mass is 16.5. The predicted octanol–water partition coefficient (Wildman–Crippen LogP) is 3.14. The Morgan fingerprint density at radius 1 is 1.21 bits per heavy atom. The van der Waals surface area contributed by atoms with Gasteiger partial charge in [-0.25, -0.2) is 4.98 Å². The molecule has 1 aliphatic heterocycles. The van der Waals surface area contributed by atoms with Crippen LogP contribution in [0.25, 0.3) is 11.0 Å². The number of hydrogen-bond donors (Lipinski definition) is 2. The van der Waals surface area contributed by atoms with Crippen LogP contribution in [-0.4, -0.2) is 47.5 Å². The fourth-order valence-electron chi connectivity index (χ4n) is 3.95. The van der Waals surface area contributed by atoms with E-state index < -0.39 is 0 Å². The van der Waals surface area contributed by atoms with Crippen LogP contribution in [0.2, 0.25) is 0 Å². The van der Waals surface area contributed by atoms with E-state index in [1.165, 1.54) is 5.56 Å². The summed E-state index contributed by atoms with van der Waals surface area (Å²) in [5, 5.41) is 3.10. The van der Waals surface area contributed by atoms with Gasteiger partial charge in [0.05, 0.1) is 24.7 Å². The van der Waals surface area contributed by atoms with E-state index in [1.807, 2.05) is 42.5 Å². The lowest BCUT2D eigenvalue weighted by molar-refractivity contribution is -0.126. The first-order chi connectivity index (χ1) is 14.2. The predicted molar refractivity (Wildman–Crippen MR) is 114 cm³/mol. The first kappa shape index (κ1) is 19.5. The number of carbonyl (C=O) groups is 1. The van der Waals surface area contributed by atoms with Crippen LogP contribution in [0.3, 0.4) is 0 Å². The van der Waals surface area contributed by atoms with Gasteiger partial charge in [-0.15, -0.1) is 0 Å². The zero-order valence-corrected chi connectivity index (χ0v) is 16.9. The second-order valence-electron chi connectivity index (χ2n) is 7.64. The highest BCUT2D eigenvalue weighted by Gasteiger charge is 2.25. The molecule has 0 spiro atoms.